The summed E-state index contributed by atoms with van der Waals surface area (Å²) in [5.74, 6) is 0. The minimum Gasteiger partial charge on any atom is -0.318 e. The average molecular weight is 388 g/mol. The molecule has 1 heterocycles. The zero-order valence-corrected chi connectivity index (χ0v) is 15.3. The molecule has 4 heteroatoms. The quantitative estimate of drug-likeness (QED) is 0.472. The Morgan fingerprint density at radius 1 is 1.04 bits per heavy atom. The summed E-state index contributed by atoms with van der Waals surface area (Å²) < 4.78 is 3.23. The van der Waals surface area contributed by atoms with Gasteiger partial charge in [-0.3, -0.25) is 4.99 Å². The molecule has 0 aliphatic rings. The highest BCUT2D eigenvalue weighted by Gasteiger charge is 2.09. The molecule has 0 spiro atoms. The topological polar surface area (TPSA) is 17.3 Å². The van der Waals surface area contributed by atoms with Crippen LogP contribution < -0.4 is 0 Å². The summed E-state index contributed by atoms with van der Waals surface area (Å²) in [6.45, 7) is 4.20. The molecule has 116 valence electrons. The molecular weight excluding hydrogens is 372 g/mol. The number of hydrogen-bond acceptors (Lipinski definition) is 1. The molecule has 0 unspecified atom stereocenters. The van der Waals surface area contributed by atoms with E-state index >= 15 is 0 Å². The third-order valence-electron chi connectivity index (χ3n) is 3.72. The van der Waals surface area contributed by atoms with Crippen LogP contribution in [0, 0.1) is 13.8 Å². The van der Waals surface area contributed by atoms with Gasteiger partial charge in [0.2, 0.25) is 0 Å². The molecule has 0 bridgehead atoms. The first-order valence-corrected chi connectivity index (χ1v) is 8.46. The average Bonchev–Trinajstić information content (AvgIpc) is 2.81. The summed E-state index contributed by atoms with van der Waals surface area (Å²) in [5, 5.41) is 0.743. The number of halogens is 2. The zero-order chi connectivity index (χ0) is 16.4. The van der Waals surface area contributed by atoms with Crippen LogP contribution in [0.2, 0.25) is 5.02 Å². The van der Waals surface area contributed by atoms with Crippen LogP contribution in [0.4, 0.5) is 5.69 Å². The summed E-state index contributed by atoms with van der Waals surface area (Å²) in [6, 6.07) is 18.0. The van der Waals surface area contributed by atoms with Crippen molar-refractivity contribution in [1.82, 2.24) is 4.57 Å². The molecule has 0 aliphatic carbocycles. The highest BCUT2D eigenvalue weighted by atomic mass is 79.9. The van der Waals surface area contributed by atoms with Gasteiger partial charge in [0.05, 0.1) is 5.69 Å². The third kappa shape index (κ3) is 3.57. The SMILES string of the molecule is Cc1cc(C=Nc2cccc(Br)c2)c(C)n1-c1ccc(Cl)cc1. The van der Waals surface area contributed by atoms with Gasteiger partial charge in [0.1, 0.15) is 0 Å². The highest BCUT2D eigenvalue weighted by Crippen LogP contribution is 2.23. The van der Waals surface area contributed by atoms with Gasteiger partial charge in [0.15, 0.2) is 0 Å². The minimum absolute atomic E-state index is 0.743. The van der Waals surface area contributed by atoms with Crippen molar-refractivity contribution in [1.29, 1.82) is 0 Å². The van der Waals surface area contributed by atoms with Crippen molar-refractivity contribution in [2.75, 3.05) is 0 Å². The minimum atomic E-state index is 0.743. The second-order valence-electron chi connectivity index (χ2n) is 5.38. The molecule has 3 rings (SSSR count). The van der Waals surface area contributed by atoms with Crippen LogP contribution in [0.15, 0.2) is 64.1 Å². The van der Waals surface area contributed by atoms with E-state index < -0.39 is 0 Å². The van der Waals surface area contributed by atoms with Crippen LogP contribution in [-0.2, 0) is 0 Å². The van der Waals surface area contributed by atoms with Gasteiger partial charge in [0.25, 0.3) is 0 Å². The lowest BCUT2D eigenvalue weighted by Gasteiger charge is -2.09. The second kappa shape index (κ2) is 6.73. The molecule has 0 amide bonds. The summed E-state index contributed by atoms with van der Waals surface area (Å²) in [5.41, 5.74) is 5.46. The van der Waals surface area contributed by atoms with Gasteiger partial charge in [-0.15, -0.1) is 0 Å². The molecule has 0 N–H and O–H groups in total. The van der Waals surface area contributed by atoms with E-state index in [2.05, 4.69) is 45.4 Å². The normalized spacial score (nSPS) is 11.3. The van der Waals surface area contributed by atoms with Crippen molar-refractivity contribution >= 4 is 39.4 Å². The molecule has 23 heavy (non-hydrogen) atoms. The fraction of sp³-hybridized carbons (Fsp3) is 0.105. The molecule has 2 aromatic carbocycles. The first-order valence-electron chi connectivity index (χ1n) is 7.29. The maximum atomic E-state index is 5.98. The molecular formula is C19H16BrClN2. The first-order chi connectivity index (χ1) is 11.0. The van der Waals surface area contributed by atoms with Gasteiger partial charge < -0.3 is 4.57 Å². The van der Waals surface area contributed by atoms with Crippen molar-refractivity contribution in [2.45, 2.75) is 13.8 Å². The summed E-state index contributed by atoms with van der Waals surface area (Å²) in [4.78, 5) is 4.57. The van der Waals surface area contributed by atoms with Crippen LogP contribution in [0.1, 0.15) is 17.0 Å². The first kappa shape index (κ1) is 16.0. The van der Waals surface area contributed by atoms with Gasteiger partial charge in [-0.1, -0.05) is 33.6 Å². The molecule has 2 nitrogen and oxygen atoms in total. The van der Waals surface area contributed by atoms with Crippen LogP contribution in [0.5, 0.6) is 0 Å². The summed E-state index contributed by atoms with van der Waals surface area (Å²) in [6.07, 6.45) is 1.91. The monoisotopic (exact) mass is 386 g/mol. The van der Waals surface area contributed by atoms with Crippen molar-refractivity contribution in [3.8, 4) is 5.69 Å². The number of aromatic nitrogens is 1. The lowest BCUT2D eigenvalue weighted by molar-refractivity contribution is 0.965. The number of hydrogen-bond donors (Lipinski definition) is 0. The van der Waals surface area contributed by atoms with Crippen LogP contribution in [0.25, 0.3) is 5.69 Å². The predicted molar refractivity (Wildman–Crippen MR) is 102 cm³/mol. The Kier molecular flexibility index (Phi) is 4.69. The van der Waals surface area contributed by atoms with Gasteiger partial charge in [-0.25, -0.2) is 0 Å². The largest absolute Gasteiger partial charge is 0.318 e. The Hall–Kier alpha value is -1.84. The second-order valence-corrected chi connectivity index (χ2v) is 6.73. The Bertz CT molecular complexity index is 864. The Morgan fingerprint density at radius 2 is 1.78 bits per heavy atom. The maximum absolute atomic E-state index is 5.98. The van der Waals surface area contributed by atoms with E-state index in [9.17, 15) is 0 Å². The number of aliphatic imine (C=N–C) groups is 1. The lowest BCUT2D eigenvalue weighted by atomic mass is 10.2. The van der Waals surface area contributed by atoms with Crippen LogP contribution in [0.3, 0.4) is 0 Å². The highest BCUT2D eigenvalue weighted by molar-refractivity contribution is 9.10. The molecule has 0 fully saturated rings. The maximum Gasteiger partial charge on any atom is 0.0641 e. The molecule has 0 atom stereocenters. The molecule has 0 saturated heterocycles. The molecule has 0 aliphatic heterocycles. The van der Waals surface area contributed by atoms with Crippen LogP contribution in [-0.4, -0.2) is 10.8 Å². The van der Waals surface area contributed by atoms with Gasteiger partial charge in [-0.2, -0.15) is 0 Å². The smallest absolute Gasteiger partial charge is 0.0641 e. The van der Waals surface area contributed by atoms with Gasteiger partial charge >= 0.3 is 0 Å². The number of benzene rings is 2. The van der Waals surface area contributed by atoms with E-state index in [1.807, 2.05) is 54.7 Å². The van der Waals surface area contributed by atoms with Crippen molar-refractivity contribution < 1.29 is 0 Å². The van der Waals surface area contributed by atoms with Gasteiger partial charge in [-0.05, 0) is 62.4 Å². The third-order valence-corrected chi connectivity index (χ3v) is 4.46. The Balaban J connectivity index is 1.96. The fourth-order valence-corrected chi connectivity index (χ4v) is 3.12. The van der Waals surface area contributed by atoms with E-state index in [1.54, 1.807) is 0 Å². The van der Waals surface area contributed by atoms with Crippen molar-refractivity contribution in [3.05, 3.63) is 81.0 Å². The summed E-state index contributed by atoms with van der Waals surface area (Å²) in [7, 11) is 0. The fourth-order valence-electron chi connectivity index (χ4n) is 2.61. The van der Waals surface area contributed by atoms with Crippen molar-refractivity contribution in [2.24, 2.45) is 4.99 Å². The van der Waals surface area contributed by atoms with E-state index in [-0.39, 0.29) is 0 Å². The molecule has 3 aromatic rings. The number of rotatable bonds is 3. The number of aryl methyl sites for hydroxylation is 1. The van der Waals surface area contributed by atoms with E-state index in [0.717, 1.165) is 32.1 Å². The zero-order valence-electron chi connectivity index (χ0n) is 12.9. The van der Waals surface area contributed by atoms with Crippen LogP contribution >= 0.6 is 27.5 Å². The number of nitrogens with zero attached hydrogens (tertiary/aromatic N) is 2. The molecule has 0 radical (unpaired) electrons. The van der Waals surface area contributed by atoms with Crippen molar-refractivity contribution in [3.63, 3.8) is 0 Å². The van der Waals surface area contributed by atoms with E-state index in [4.69, 9.17) is 11.6 Å². The standard InChI is InChI=1S/C19H16BrClN2/c1-13-10-15(12-22-18-5-3-4-16(20)11-18)14(2)23(13)19-8-6-17(21)7-9-19/h3-12H,1-2H3. The summed E-state index contributed by atoms with van der Waals surface area (Å²) >= 11 is 9.45. The lowest BCUT2D eigenvalue weighted by Crippen LogP contribution is -1.99. The van der Waals surface area contributed by atoms with E-state index in [1.165, 1.54) is 5.69 Å². The Labute approximate surface area is 149 Å². The van der Waals surface area contributed by atoms with Gasteiger partial charge in [0, 0.05) is 38.3 Å². The molecule has 0 saturated carbocycles. The van der Waals surface area contributed by atoms with E-state index in [0.29, 0.717) is 0 Å². The molecule has 1 aromatic heterocycles. The predicted octanol–water partition coefficient (Wildman–Crippen LogP) is 6.26. The Morgan fingerprint density at radius 3 is 2.48 bits per heavy atom.